The van der Waals surface area contributed by atoms with Gasteiger partial charge in [-0.15, -0.1) is 0 Å². The molecule has 0 spiro atoms. The molecule has 5 heteroatoms. The Morgan fingerprint density at radius 2 is 2.00 bits per heavy atom. The second-order valence-electron chi connectivity index (χ2n) is 4.15. The lowest BCUT2D eigenvalue weighted by Crippen LogP contribution is -2.22. The minimum absolute atomic E-state index is 0.196. The number of amidine groups is 1. The Labute approximate surface area is 106 Å². The number of halogens is 2. The lowest BCUT2D eigenvalue weighted by molar-refractivity contribution is 0.583. The van der Waals surface area contributed by atoms with Crippen LogP contribution in [0.5, 0.6) is 0 Å². The molecule has 0 aliphatic carbocycles. The van der Waals surface area contributed by atoms with Gasteiger partial charge in [0.2, 0.25) is 0 Å². The van der Waals surface area contributed by atoms with Crippen molar-refractivity contribution in [3.8, 4) is 0 Å². The minimum atomic E-state index is -0.196. The maximum Gasteiger partial charge on any atom is 0.146 e. The zero-order valence-electron chi connectivity index (χ0n) is 8.88. The van der Waals surface area contributed by atoms with E-state index in [1.807, 2.05) is 26.8 Å². The van der Waals surface area contributed by atoms with E-state index in [0.717, 1.165) is 8.95 Å². The fourth-order valence-corrected chi connectivity index (χ4v) is 2.21. The molecule has 0 saturated carbocycles. The van der Waals surface area contributed by atoms with Crippen molar-refractivity contribution < 1.29 is 0 Å². The average Bonchev–Trinajstić information content (AvgIpc) is 1.99. The third-order valence-electron chi connectivity index (χ3n) is 1.51. The molecule has 1 aromatic rings. The lowest BCUT2D eigenvalue weighted by atomic mass is 10.1. The fourth-order valence-electron chi connectivity index (χ4n) is 1.02. The van der Waals surface area contributed by atoms with E-state index in [1.54, 1.807) is 6.20 Å². The van der Waals surface area contributed by atoms with E-state index in [9.17, 15) is 0 Å². The summed E-state index contributed by atoms with van der Waals surface area (Å²) in [6.45, 7) is 5.98. The molecular formula is C10H13Br2N3. The van der Waals surface area contributed by atoms with Crippen LogP contribution in [0.2, 0.25) is 0 Å². The molecule has 0 bridgehead atoms. The van der Waals surface area contributed by atoms with Gasteiger partial charge in [-0.25, -0.2) is 0 Å². The summed E-state index contributed by atoms with van der Waals surface area (Å²) in [6, 6.07) is 1.90. The first-order valence-corrected chi connectivity index (χ1v) is 6.05. The maximum atomic E-state index is 5.87. The van der Waals surface area contributed by atoms with Crippen LogP contribution in [0.25, 0.3) is 0 Å². The largest absolute Gasteiger partial charge is 0.382 e. The van der Waals surface area contributed by atoms with Crippen molar-refractivity contribution >= 4 is 37.7 Å². The van der Waals surface area contributed by atoms with Crippen LogP contribution >= 0.6 is 31.9 Å². The molecule has 0 fully saturated rings. The molecule has 0 radical (unpaired) electrons. The quantitative estimate of drug-likeness (QED) is 0.633. The Kier molecular flexibility index (Phi) is 3.89. The van der Waals surface area contributed by atoms with Crippen LogP contribution in [0.1, 0.15) is 26.5 Å². The van der Waals surface area contributed by atoms with Gasteiger partial charge in [0.25, 0.3) is 0 Å². The molecule has 1 aromatic heterocycles. The molecule has 0 aliphatic heterocycles. The van der Waals surface area contributed by atoms with Crippen LogP contribution < -0.4 is 5.73 Å². The summed E-state index contributed by atoms with van der Waals surface area (Å²) in [6.07, 6.45) is 1.70. The van der Waals surface area contributed by atoms with Gasteiger partial charge in [-0.2, -0.15) is 0 Å². The highest BCUT2D eigenvalue weighted by atomic mass is 79.9. The van der Waals surface area contributed by atoms with Crippen molar-refractivity contribution in [2.24, 2.45) is 10.7 Å². The van der Waals surface area contributed by atoms with E-state index in [-0.39, 0.29) is 5.54 Å². The van der Waals surface area contributed by atoms with Crippen LogP contribution in [0.3, 0.4) is 0 Å². The molecule has 0 amide bonds. The second kappa shape index (κ2) is 4.61. The molecule has 0 aliphatic rings. The third kappa shape index (κ3) is 3.91. The SMILES string of the molecule is CC(C)(C)N=C(N)c1ncc(Br)cc1Br. The zero-order valence-corrected chi connectivity index (χ0v) is 12.1. The summed E-state index contributed by atoms with van der Waals surface area (Å²) in [5.74, 6) is 0.446. The monoisotopic (exact) mass is 333 g/mol. The van der Waals surface area contributed by atoms with Crippen molar-refractivity contribution in [3.05, 3.63) is 26.9 Å². The molecular weight excluding hydrogens is 322 g/mol. The lowest BCUT2D eigenvalue weighted by Gasteiger charge is -2.13. The number of pyridine rings is 1. The van der Waals surface area contributed by atoms with Crippen LogP contribution in [-0.2, 0) is 0 Å². The zero-order chi connectivity index (χ0) is 11.6. The van der Waals surface area contributed by atoms with Crippen molar-refractivity contribution in [1.82, 2.24) is 4.98 Å². The number of rotatable bonds is 1. The first kappa shape index (κ1) is 12.6. The van der Waals surface area contributed by atoms with Crippen molar-refractivity contribution in [1.29, 1.82) is 0 Å². The summed E-state index contributed by atoms with van der Waals surface area (Å²) >= 11 is 6.74. The standard InChI is InChI=1S/C10H13Br2N3/c1-10(2,3)15-9(13)8-7(12)4-6(11)5-14-8/h4-5H,1-3H3,(H2,13,15). The van der Waals surface area contributed by atoms with Crippen molar-refractivity contribution in [3.63, 3.8) is 0 Å². The Morgan fingerprint density at radius 3 is 2.47 bits per heavy atom. The average molecular weight is 335 g/mol. The second-order valence-corrected chi connectivity index (χ2v) is 5.92. The Morgan fingerprint density at radius 1 is 1.40 bits per heavy atom. The summed E-state index contributed by atoms with van der Waals surface area (Å²) in [5.41, 5.74) is 6.35. The molecule has 0 unspecified atom stereocenters. The molecule has 2 N–H and O–H groups in total. The highest BCUT2D eigenvalue weighted by molar-refractivity contribution is 9.11. The molecule has 0 saturated heterocycles. The van der Waals surface area contributed by atoms with E-state index >= 15 is 0 Å². The van der Waals surface area contributed by atoms with Crippen LogP contribution in [0.4, 0.5) is 0 Å². The van der Waals surface area contributed by atoms with Gasteiger partial charge in [-0.05, 0) is 58.7 Å². The first-order valence-electron chi connectivity index (χ1n) is 4.46. The van der Waals surface area contributed by atoms with Crippen molar-refractivity contribution in [2.75, 3.05) is 0 Å². The smallest absolute Gasteiger partial charge is 0.146 e. The molecule has 82 valence electrons. The number of nitrogens with two attached hydrogens (primary N) is 1. The molecule has 1 rings (SSSR count). The molecule has 1 heterocycles. The van der Waals surface area contributed by atoms with E-state index < -0.39 is 0 Å². The highest BCUT2D eigenvalue weighted by Gasteiger charge is 2.12. The summed E-state index contributed by atoms with van der Waals surface area (Å²) in [4.78, 5) is 8.57. The fraction of sp³-hybridized carbons (Fsp3) is 0.400. The summed E-state index contributed by atoms with van der Waals surface area (Å²) in [5, 5.41) is 0. The predicted octanol–water partition coefficient (Wildman–Crippen LogP) is 3.11. The highest BCUT2D eigenvalue weighted by Crippen LogP contribution is 2.20. The van der Waals surface area contributed by atoms with Gasteiger partial charge >= 0.3 is 0 Å². The molecule has 15 heavy (non-hydrogen) atoms. The Hall–Kier alpha value is -0.420. The van der Waals surface area contributed by atoms with E-state index in [2.05, 4.69) is 41.8 Å². The summed E-state index contributed by atoms with van der Waals surface area (Å²) in [7, 11) is 0. The molecule has 3 nitrogen and oxygen atoms in total. The van der Waals surface area contributed by atoms with Gasteiger partial charge in [-0.3, -0.25) is 9.98 Å². The predicted molar refractivity (Wildman–Crippen MR) is 70.1 cm³/mol. The van der Waals surface area contributed by atoms with Gasteiger partial charge in [0.1, 0.15) is 11.5 Å². The Bertz CT molecular complexity index is 394. The van der Waals surface area contributed by atoms with Gasteiger partial charge in [0.15, 0.2) is 0 Å². The van der Waals surface area contributed by atoms with E-state index in [4.69, 9.17) is 5.73 Å². The van der Waals surface area contributed by atoms with Gasteiger partial charge in [-0.1, -0.05) is 0 Å². The minimum Gasteiger partial charge on any atom is -0.382 e. The van der Waals surface area contributed by atoms with Crippen LogP contribution in [-0.4, -0.2) is 16.4 Å². The number of aromatic nitrogens is 1. The number of aliphatic imine (C=N–C) groups is 1. The van der Waals surface area contributed by atoms with Crippen LogP contribution in [0, 0.1) is 0 Å². The van der Waals surface area contributed by atoms with E-state index in [0.29, 0.717) is 11.5 Å². The first-order chi connectivity index (χ1) is 6.79. The summed E-state index contributed by atoms with van der Waals surface area (Å²) < 4.78 is 1.74. The molecule has 0 atom stereocenters. The number of hydrogen-bond donors (Lipinski definition) is 1. The van der Waals surface area contributed by atoms with Gasteiger partial charge in [0.05, 0.1) is 5.54 Å². The number of nitrogens with zero attached hydrogens (tertiary/aromatic N) is 2. The maximum absolute atomic E-state index is 5.87. The Balaban J connectivity index is 3.12. The van der Waals surface area contributed by atoms with Gasteiger partial charge < -0.3 is 5.73 Å². The van der Waals surface area contributed by atoms with E-state index in [1.165, 1.54) is 0 Å². The third-order valence-corrected chi connectivity index (χ3v) is 2.54. The normalized spacial score (nSPS) is 13.0. The van der Waals surface area contributed by atoms with Gasteiger partial charge in [0, 0.05) is 15.1 Å². The molecule has 0 aromatic carbocycles. The van der Waals surface area contributed by atoms with Crippen molar-refractivity contribution in [2.45, 2.75) is 26.3 Å². The number of hydrogen-bond acceptors (Lipinski definition) is 2. The topological polar surface area (TPSA) is 51.3 Å². The van der Waals surface area contributed by atoms with Crippen LogP contribution in [0.15, 0.2) is 26.2 Å².